The monoisotopic (exact) mass is 323 g/mol. The van der Waals surface area contributed by atoms with Crippen molar-refractivity contribution in [3.8, 4) is 5.75 Å². The van der Waals surface area contributed by atoms with Crippen LogP contribution >= 0.6 is 15.9 Å². The molecule has 4 nitrogen and oxygen atoms in total. The Morgan fingerprint density at radius 3 is 2.95 bits per heavy atom. The van der Waals surface area contributed by atoms with Crippen LogP contribution in [0.25, 0.3) is 0 Å². The topological polar surface area (TPSA) is 39.1 Å². The van der Waals surface area contributed by atoms with Gasteiger partial charge in [0.1, 0.15) is 5.75 Å². The van der Waals surface area contributed by atoms with Crippen LogP contribution in [0.3, 0.4) is 0 Å². The summed E-state index contributed by atoms with van der Waals surface area (Å²) in [6, 6.07) is 6.04. The Labute approximate surface area is 121 Å². The first-order valence-corrected chi connectivity index (χ1v) is 6.99. The van der Waals surface area contributed by atoms with E-state index in [1.165, 1.54) is 5.56 Å². The third-order valence-corrected chi connectivity index (χ3v) is 3.40. The lowest BCUT2D eigenvalue weighted by Gasteiger charge is -2.10. The Bertz CT molecular complexity index is 539. The van der Waals surface area contributed by atoms with Gasteiger partial charge in [-0.05, 0) is 36.7 Å². The molecule has 102 valence electrons. The minimum atomic E-state index is 0.795. The van der Waals surface area contributed by atoms with E-state index in [0.717, 1.165) is 35.3 Å². The zero-order valence-corrected chi connectivity index (χ0v) is 12.8. The van der Waals surface area contributed by atoms with E-state index >= 15 is 0 Å². The van der Waals surface area contributed by atoms with Gasteiger partial charge in [-0.3, -0.25) is 4.68 Å². The largest absolute Gasteiger partial charge is 0.496 e. The van der Waals surface area contributed by atoms with Crippen molar-refractivity contribution in [2.24, 2.45) is 7.05 Å². The van der Waals surface area contributed by atoms with E-state index in [1.807, 2.05) is 36.3 Å². The van der Waals surface area contributed by atoms with Crippen LogP contribution in [0.2, 0.25) is 0 Å². The molecule has 0 amide bonds. The number of aromatic nitrogens is 2. The summed E-state index contributed by atoms with van der Waals surface area (Å²) in [4.78, 5) is 0. The zero-order valence-electron chi connectivity index (χ0n) is 11.2. The quantitative estimate of drug-likeness (QED) is 0.830. The van der Waals surface area contributed by atoms with Crippen molar-refractivity contribution in [3.63, 3.8) is 0 Å². The van der Waals surface area contributed by atoms with Gasteiger partial charge in [0.2, 0.25) is 0 Å². The third kappa shape index (κ3) is 4.08. The van der Waals surface area contributed by atoms with Crippen LogP contribution < -0.4 is 10.1 Å². The highest BCUT2D eigenvalue weighted by Crippen LogP contribution is 2.22. The zero-order chi connectivity index (χ0) is 13.7. The van der Waals surface area contributed by atoms with Crippen LogP contribution in [0, 0.1) is 0 Å². The lowest BCUT2D eigenvalue weighted by molar-refractivity contribution is 0.407. The molecular formula is C14H18BrN3O. The molecule has 0 saturated heterocycles. The van der Waals surface area contributed by atoms with Crippen molar-refractivity contribution in [1.29, 1.82) is 0 Å². The second-order valence-corrected chi connectivity index (χ2v) is 5.32. The predicted octanol–water partition coefficient (Wildman–Crippen LogP) is 2.52. The van der Waals surface area contributed by atoms with Gasteiger partial charge in [0.25, 0.3) is 0 Å². The summed E-state index contributed by atoms with van der Waals surface area (Å²) in [6.45, 7) is 1.71. The standard InChI is InChI=1S/C14H18BrN3O/c1-18-10-11(8-17-18)5-6-16-9-12-7-13(15)3-4-14(12)19-2/h3-4,7-8,10,16H,5-6,9H2,1-2H3. The van der Waals surface area contributed by atoms with E-state index in [0.29, 0.717) is 0 Å². The van der Waals surface area contributed by atoms with E-state index in [2.05, 4.69) is 32.4 Å². The molecular weight excluding hydrogens is 306 g/mol. The maximum atomic E-state index is 5.34. The van der Waals surface area contributed by atoms with E-state index in [-0.39, 0.29) is 0 Å². The summed E-state index contributed by atoms with van der Waals surface area (Å²) in [5.41, 5.74) is 2.40. The second kappa shape index (κ2) is 6.73. The molecule has 19 heavy (non-hydrogen) atoms. The lowest BCUT2D eigenvalue weighted by Crippen LogP contribution is -2.17. The van der Waals surface area contributed by atoms with Crippen molar-refractivity contribution in [2.45, 2.75) is 13.0 Å². The first-order chi connectivity index (χ1) is 9.19. The van der Waals surface area contributed by atoms with Crippen LogP contribution in [-0.4, -0.2) is 23.4 Å². The first kappa shape index (κ1) is 14.1. The highest BCUT2D eigenvalue weighted by molar-refractivity contribution is 9.10. The minimum Gasteiger partial charge on any atom is -0.496 e. The molecule has 0 fully saturated rings. The van der Waals surface area contributed by atoms with Crippen LogP contribution in [0.15, 0.2) is 35.1 Å². The van der Waals surface area contributed by atoms with Gasteiger partial charge in [-0.1, -0.05) is 15.9 Å². The van der Waals surface area contributed by atoms with Crippen LogP contribution in [0.1, 0.15) is 11.1 Å². The van der Waals surface area contributed by atoms with Crippen molar-refractivity contribution in [2.75, 3.05) is 13.7 Å². The Morgan fingerprint density at radius 2 is 2.26 bits per heavy atom. The summed E-state index contributed by atoms with van der Waals surface area (Å²) < 4.78 is 8.24. The molecule has 2 aromatic rings. The van der Waals surface area contributed by atoms with Gasteiger partial charge in [-0.2, -0.15) is 5.10 Å². The number of nitrogens with zero attached hydrogens (tertiary/aromatic N) is 2. The first-order valence-electron chi connectivity index (χ1n) is 6.19. The average molecular weight is 324 g/mol. The lowest BCUT2D eigenvalue weighted by atomic mass is 10.2. The molecule has 0 aliphatic rings. The number of aryl methyl sites for hydroxylation is 1. The number of halogens is 1. The minimum absolute atomic E-state index is 0.795. The Balaban J connectivity index is 1.83. The Morgan fingerprint density at radius 1 is 1.42 bits per heavy atom. The number of methoxy groups -OCH3 is 1. The van der Waals surface area contributed by atoms with Crippen molar-refractivity contribution in [3.05, 3.63) is 46.2 Å². The van der Waals surface area contributed by atoms with Gasteiger partial charge in [-0.25, -0.2) is 0 Å². The van der Waals surface area contributed by atoms with Gasteiger partial charge in [0.05, 0.1) is 13.3 Å². The summed E-state index contributed by atoms with van der Waals surface area (Å²) in [5, 5.41) is 7.58. The van der Waals surface area contributed by atoms with Gasteiger partial charge in [-0.15, -0.1) is 0 Å². The SMILES string of the molecule is COc1ccc(Br)cc1CNCCc1cnn(C)c1. The molecule has 0 atom stereocenters. The molecule has 1 heterocycles. The van der Waals surface area contributed by atoms with Crippen LogP contribution in [0.4, 0.5) is 0 Å². The highest BCUT2D eigenvalue weighted by Gasteiger charge is 2.03. The van der Waals surface area contributed by atoms with Crippen molar-refractivity contribution in [1.82, 2.24) is 15.1 Å². The molecule has 1 aromatic carbocycles. The highest BCUT2D eigenvalue weighted by atomic mass is 79.9. The molecule has 0 unspecified atom stereocenters. The summed E-state index contributed by atoms with van der Waals surface area (Å²) in [6.07, 6.45) is 4.92. The number of rotatable bonds is 6. The van der Waals surface area contributed by atoms with E-state index in [4.69, 9.17) is 4.74 Å². The van der Waals surface area contributed by atoms with E-state index < -0.39 is 0 Å². The average Bonchev–Trinajstić information content (AvgIpc) is 2.81. The number of ether oxygens (including phenoxy) is 1. The number of hydrogen-bond donors (Lipinski definition) is 1. The molecule has 0 saturated carbocycles. The molecule has 0 aliphatic carbocycles. The van der Waals surface area contributed by atoms with Crippen molar-refractivity contribution >= 4 is 15.9 Å². The summed E-state index contributed by atoms with van der Waals surface area (Å²) in [5.74, 6) is 0.914. The smallest absolute Gasteiger partial charge is 0.123 e. The molecule has 0 spiro atoms. The molecule has 0 bridgehead atoms. The number of benzene rings is 1. The normalized spacial score (nSPS) is 10.7. The van der Waals surface area contributed by atoms with Crippen LogP contribution in [0.5, 0.6) is 5.75 Å². The van der Waals surface area contributed by atoms with E-state index in [9.17, 15) is 0 Å². The fourth-order valence-corrected chi connectivity index (χ4v) is 2.35. The van der Waals surface area contributed by atoms with Crippen LogP contribution in [-0.2, 0) is 20.0 Å². The molecule has 1 aromatic heterocycles. The number of nitrogens with one attached hydrogen (secondary N) is 1. The summed E-state index contributed by atoms with van der Waals surface area (Å²) >= 11 is 3.48. The van der Waals surface area contributed by atoms with Gasteiger partial charge >= 0.3 is 0 Å². The molecule has 1 N–H and O–H groups in total. The van der Waals surface area contributed by atoms with Gasteiger partial charge in [0.15, 0.2) is 0 Å². The van der Waals surface area contributed by atoms with E-state index in [1.54, 1.807) is 7.11 Å². The maximum absolute atomic E-state index is 5.34. The Hall–Kier alpha value is -1.33. The maximum Gasteiger partial charge on any atom is 0.123 e. The van der Waals surface area contributed by atoms with Crippen molar-refractivity contribution < 1.29 is 4.74 Å². The predicted molar refractivity (Wildman–Crippen MR) is 79.3 cm³/mol. The third-order valence-electron chi connectivity index (χ3n) is 2.91. The molecule has 0 aliphatic heterocycles. The Kier molecular flexibility index (Phi) is 4.99. The van der Waals surface area contributed by atoms with Gasteiger partial charge < -0.3 is 10.1 Å². The number of hydrogen-bond acceptors (Lipinski definition) is 3. The fourth-order valence-electron chi connectivity index (χ4n) is 1.94. The van der Waals surface area contributed by atoms with Gasteiger partial charge in [0, 0.05) is 29.8 Å². The summed E-state index contributed by atoms with van der Waals surface area (Å²) in [7, 11) is 3.63. The molecule has 0 radical (unpaired) electrons. The molecule has 5 heteroatoms. The molecule has 2 rings (SSSR count). The fraction of sp³-hybridized carbons (Fsp3) is 0.357. The second-order valence-electron chi connectivity index (χ2n) is 4.41.